The monoisotopic (exact) mass is 247 g/mol. The molecular formula is C13H13NO2S. The van der Waals surface area contributed by atoms with Crippen LogP contribution in [0.2, 0.25) is 0 Å². The van der Waals surface area contributed by atoms with Gasteiger partial charge in [0.05, 0.1) is 12.8 Å². The van der Waals surface area contributed by atoms with Gasteiger partial charge in [0.2, 0.25) is 0 Å². The van der Waals surface area contributed by atoms with Crippen LogP contribution in [0.5, 0.6) is 5.75 Å². The molecule has 4 heteroatoms. The molecule has 3 nitrogen and oxygen atoms in total. The highest BCUT2D eigenvalue weighted by Crippen LogP contribution is 2.20. The smallest absolute Gasteiger partial charge is 0.195 e. The molecule has 0 amide bonds. The standard InChI is InChI=1S/C13H13NO2S/c1-3-16-11-4-10(5-14-6-11)13(15)12-8-17-7-9(12)2/h4-8H,3H2,1-2H3. The summed E-state index contributed by atoms with van der Waals surface area (Å²) in [6, 6.07) is 1.73. The first-order chi connectivity index (χ1) is 8.22. The number of ether oxygens (including phenoxy) is 1. The molecule has 0 unspecified atom stereocenters. The third-order valence-electron chi connectivity index (χ3n) is 2.39. The zero-order chi connectivity index (χ0) is 12.3. The lowest BCUT2D eigenvalue weighted by Gasteiger charge is -2.04. The van der Waals surface area contributed by atoms with E-state index in [0.717, 1.165) is 11.1 Å². The number of carbonyl (C=O) groups is 1. The minimum absolute atomic E-state index is 0.00203. The number of nitrogens with zero attached hydrogens (tertiary/aromatic N) is 1. The van der Waals surface area contributed by atoms with Crippen molar-refractivity contribution in [2.24, 2.45) is 0 Å². The van der Waals surface area contributed by atoms with Crippen LogP contribution in [0.4, 0.5) is 0 Å². The molecule has 17 heavy (non-hydrogen) atoms. The Kier molecular flexibility index (Phi) is 3.54. The Bertz CT molecular complexity index is 534. The molecular weight excluding hydrogens is 234 g/mol. The number of hydrogen-bond donors (Lipinski definition) is 0. The lowest BCUT2D eigenvalue weighted by atomic mass is 10.1. The van der Waals surface area contributed by atoms with Crippen molar-refractivity contribution in [1.82, 2.24) is 4.98 Å². The molecule has 0 aliphatic carbocycles. The molecule has 0 spiro atoms. The Morgan fingerprint density at radius 2 is 2.24 bits per heavy atom. The van der Waals surface area contributed by atoms with Crippen LogP contribution in [0.1, 0.15) is 28.4 Å². The number of carbonyl (C=O) groups excluding carboxylic acids is 1. The van der Waals surface area contributed by atoms with E-state index in [1.165, 1.54) is 11.3 Å². The zero-order valence-electron chi connectivity index (χ0n) is 9.77. The normalized spacial score (nSPS) is 10.2. The first-order valence-corrected chi connectivity index (χ1v) is 6.32. The van der Waals surface area contributed by atoms with Crippen molar-refractivity contribution in [2.45, 2.75) is 13.8 Å². The number of ketones is 1. The predicted octanol–water partition coefficient (Wildman–Crippen LogP) is 3.08. The summed E-state index contributed by atoms with van der Waals surface area (Å²) >= 11 is 1.53. The fourth-order valence-electron chi connectivity index (χ4n) is 1.54. The maximum atomic E-state index is 12.2. The number of hydrogen-bond acceptors (Lipinski definition) is 4. The molecule has 2 heterocycles. The number of pyridine rings is 1. The molecule has 0 fully saturated rings. The van der Waals surface area contributed by atoms with Crippen LogP contribution in [-0.4, -0.2) is 17.4 Å². The number of aromatic nitrogens is 1. The molecule has 0 aliphatic rings. The van der Waals surface area contributed by atoms with Gasteiger partial charge in [-0.2, -0.15) is 11.3 Å². The highest BCUT2D eigenvalue weighted by atomic mass is 32.1. The molecule has 2 aromatic rings. The van der Waals surface area contributed by atoms with Crippen LogP contribution in [0.25, 0.3) is 0 Å². The van der Waals surface area contributed by atoms with Gasteiger partial charge in [-0.15, -0.1) is 0 Å². The van der Waals surface area contributed by atoms with Crippen molar-refractivity contribution in [1.29, 1.82) is 0 Å². The van der Waals surface area contributed by atoms with Gasteiger partial charge in [-0.25, -0.2) is 0 Å². The molecule has 0 N–H and O–H groups in total. The molecule has 0 radical (unpaired) electrons. The van der Waals surface area contributed by atoms with E-state index in [9.17, 15) is 4.79 Å². The molecule has 0 atom stereocenters. The second kappa shape index (κ2) is 5.10. The van der Waals surface area contributed by atoms with Crippen molar-refractivity contribution < 1.29 is 9.53 Å². The van der Waals surface area contributed by atoms with Gasteiger partial charge in [-0.05, 0) is 30.9 Å². The van der Waals surface area contributed by atoms with Gasteiger partial charge in [-0.1, -0.05) is 0 Å². The van der Waals surface area contributed by atoms with Crippen LogP contribution < -0.4 is 4.74 Å². The van der Waals surface area contributed by atoms with Crippen LogP contribution in [0, 0.1) is 6.92 Å². The van der Waals surface area contributed by atoms with Crippen molar-refractivity contribution in [3.63, 3.8) is 0 Å². The summed E-state index contributed by atoms with van der Waals surface area (Å²) in [6.07, 6.45) is 3.18. The van der Waals surface area contributed by atoms with Crippen LogP contribution in [0.3, 0.4) is 0 Å². The second-order valence-electron chi connectivity index (χ2n) is 3.64. The number of aryl methyl sites for hydroxylation is 1. The largest absolute Gasteiger partial charge is 0.492 e. The van der Waals surface area contributed by atoms with E-state index in [0.29, 0.717) is 17.9 Å². The fourth-order valence-corrected chi connectivity index (χ4v) is 2.37. The van der Waals surface area contributed by atoms with Gasteiger partial charge < -0.3 is 4.74 Å². The van der Waals surface area contributed by atoms with E-state index < -0.39 is 0 Å². The zero-order valence-corrected chi connectivity index (χ0v) is 10.6. The van der Waals surface area contributed by atoms with Crippen LogP contribution >= 0.6 is 11.3 Å². The van der Waals surface area contributed by atoms with E-state index in [1.54, 1.807) is 18.5 Å². The Balaban J connectivity index is 2.31. The van der Waals surface area contributed by atoms with E-state index in [-0.39, 0.29) is 5.78 Å². The average Bonchev–Trinajstić information content (AvgIpc) is 2.75. The molecule has 0 bridgehead atoms. The minimum atomic E-state index is -0.00203. The average molecular weight is 247 g/mol. The molecule has 0 aliphatic heterocycles. The van der Waals surface area contributed by atoms with Gasteiger partial charge in [0.25, 0.3) is 0 Å². The summed E-state index contributed by atoms with van der Waals surface area (Å²) in [5.74, 6) is 0.629. The fraction of sp³-hybridized carbons (Fsp3) is 0.231. The second-order valence-corrected chi connectivity index (χ2v) is 4.38. The third-order valence-corrected chi connectivity index (χ3v) is 3.25. The SMILES string of the molecule is CCOc1cncc(C(=O)c2cscc2C)c1. The number of rotatable bonds is 4. The Morgan fingerprint density at radius 1 is 1.41 bits per heavy atom. The number of thiophene rings is 1. The van der Waals surface area contributed by atoms with Gasteiger partial charge >= 0.3 is 0 Å². The molecule has 88 valence electrons. The summed E-state index contributed by atoms with van der Waals surface area (Å²) in [6.45, 7) is 4.40. The summed E-state index contributed by atoms with van der Waals surface area (Å²) < 4.78 is 5.33. The highest BCUT2D eigenvalue weighted by Gasteiger charge is 2.13. The maximum Gasteiger partial charge on any atom is 0.195 e. The van der Waals surface area contributed by atoms with Crippen LogP contribution in [0.15, 0.2) is 29.2 Å². The van der Waals surface area contributed by atoms with E-state index in [4.69, 9.17) is 4.74 Å². The summed E-state index contributed by atoms with van der Waals surface area (Å²) in [4.78, 5) is 16.2. The maximum absolute atomic E-state index is 12.2. The topological polar surface area (TPSA) is 39.2 Å². The molecule has 0 aromatic carbocycles. The summed E-state index contributed by atoms with van der Waals surface area (Å²) in [5.41, 5.74) is 2.31. The van der Waals surface area contributed by atoms with Gasteiger partial charge in [-0.3, -0.25) is 9.78 Å². The lowest BCUT2D eigenvalue weighted by Crippen LogP contribution is -2.03. The Morgan fingerprint density at radius 3 is 2.88 bits per heavy atom. The van der Waals surface area contributed by atoms with Gasteiger partial charge in [0, 0.05) is 22.7 Å². The van der Waals surface area contributed by atoms with Crippen molar-refractivity contribution in [3.05, 3.63) is 45.9 Å². The third kappa shape index (κ3) is 2.53. The quantitative estimate of drug-likeness (QED) is 0.779. The summed E-state index contributed by atoms with van der Waals surface area (Å²) in [5, 5.41) is 3.83. The van der Waals surface area contributed by atoms with E-state index in [1.807, 2.05) is 24.6 Å². The predicted molar refractivity (Wildman–Crippen MR) is 67.9 cm³/mol. The molecule has 2 aromatic heterocycles. The van der Waals surface area contributed by atoms with Gasteiger partial charge in [0.1, 0.15) is 5.75 Å². The molecule has 0 saturated heterocycles. The molecule has 2 rings (SSSR count). The van der Waals surface area contributed by atoms with Crippen LogP contribution in [-0.2, 0) is 0 Å². The van der Waals surface area contributed by atoms with Gasteiger partial charge in [0.15, 0.2) is 5.78 Å². The highest BCUT2D eigenvalue weighted by molar-refractivity contribution is 7.08. The first-order valence-electron chi connectivity index (χ1n) is 5.37. The lowest BCUT2D eigenvalue weighted by molar-refractivity contribution is 0.103. The van der Waals surface area contributed by atoms with Crippen molar-refractivity contribution in [2.75, 3.05) is 6.61 Å². The molecule has 0 saturated carbocycles. The first kappa shape index (κ1) is 11.8. The Hall–Kier alpha value is -1.68. The Labute approximate surface area is 104 Å². The van der Waals surface area contributed by atoms with Crippen molar-refractivity contribution in [3.8, 4) is 5.75 Å². The van der Waals surface area contributed by atoms with E-state index >= 15 is 0 Å². The minimum Gasteiger partial charge on any atom is -0.492 e. The van der Waals surface area contributed by atoms with E-state index in [2.05, 4.69) is 4.98 Å². The summed E-state index contributed by atoms with van der Waals surface area (Å²) in [7, 11) is 0. The van der Waals surface area contributed by atoms with Crippen molar-refractivity contribution >= 4 is 17.1 Å².